The molecule has 0 unspecified atom stereocenters. The molecule has 4 rings (SSSR count). The normalized spacial score (nSPS) is 18.9. The number of alkyl halides is 3. The Bertz CT molecular complexity index is 1000. The van der Waals surface area contributed by atoms with Gasteiger partial charge in [0.2, 0.25) is 5.82 Å². The lowest BCUT2D eigenvalue weighted by molar-refractivity contribution is -0.144. The number of carbonyl (C=O) groups is 2. The number of hydrogen-bond acceptors (Lipinski definition) is 5. The summed E-state index contributed by atoms with van der Waals surface area (Å²) in [4.78, 5) is 34.9. The molecule has 31 heavy (non-hydrogen) atoms. The molecular formula is C19H16F5N5O2. The van der Waals surface area contributed by atoms with Gasteiger partial charge in [-0.25, -0.2) is 28.4 Å². The van der Waals surface area contributed by atoms with E-state index in [0.29, 0.717) is 19.2 Å². The molecule has 2 aliphatic rings. The molecular weight excluding hydrogens is 425 g/mol. The number of halogens is 5. The number of aromatic nitrogens is 2. The SMILES string of the molecule is O=C1N(c2cnc(C(F)(F)F)nc2)C(=O)C2(CCNCC2)N1Cc1cc(F)cc(F)c1. The van der Waals surface area contributed by atoms with Gasteiger partial charge in [-0.3, -0.25) is 4.79 Å². The van der Waals surface area contributed by atoms with E-state index >= 15 is 0 Å². The lowest BCUT2D eigenvalue weighted by Crippen LogP contribution is -2.55. The van der Waals surface area contributed by atoms with Gasteiger partial charge in [-0.2, -0.15) is 13.2 Å². The number of hydrogen-bond donors (Lipinski definition) is 1. The van der Waals surface area contributed by atoms with Crippen LogP contribution in [0.25, 0.3) is 0 Å². The number of piperidine rings is 1. The van der Waals surface area contributed by atoms with Crippen LogP contribution >= 0.6 is 0 Å². The molecule has 0 saturated carbocycles. The Labute approximate surface area is 172 Å². The first-order valence-corrected chi connectivity index (χ1v) is 9.33. The number of nitrogens with zero attached hydrogens (tertiary/aromatic N) is 4. The summed E-state index contributed by atoms with van der Waals surface area (Å²) in [5, 5.41) is 3.07. The molecule has 1 spiro atoms. The molecule has 3 amide bonds. The van der Waals surface area contributed by atoms with Crippen LogP contribution in [0.15, 0.2) is 30.6 Å². The second kappa shape index (κ2) is 7.52. The first-order chi connectivity index (χ1) is 14.6. The summed E-state index contributed by atoms with van der Waals surface area (Å²) in [5.41, 5.74) is -1.37. The van der Waals surface area contributed by atoms with Gasteiger partial charge in [0.15, 0.2) is 0 Å². The summed E-state index contributed by atoms with van der Waals surface area (Å²) < 4.78 is 65.6. The highest BCUT2D eigenvalue weighted by Gasteiger charge is 2.58. The van der Waals surface area contributed by atoms with E-state index in [2.05, 4.69) is 15.3 Å². The fraction of sp³-hybridized carbons (Fsp3) is 0.368. The third kappa shape index (κ3) is 3.71. The maximum absolute atomic E-state index is 13.6. The molecule has 7 nitrogen and oxygen atoms in total. The second-order valence-electron chi connectivity index (χ2n) is 7.33. The van der Waals surface area contributed by atoms with E-state index in [0.717, 1.165) is 29.4 Å². The molecule has 2 fully saturated rings. The van der Waals surface area contributed by atoms with Crippen molar-refractivity contribution in [1.82, 2.24) is 20.2 Å². The van der Waals surface area contributed by atoms with E-state index in [9.17, 15) is 31.5 Å². The van der Waals surface area contributed by atoms with Crippen LogP contribution in [0.5, 0.6) is 0 Å². The van der Waals surface area contributed by atoms with Gasteiger partial charge in [0.05, 0.1) is 18.1 Å². The molecule has 3 heterocycles. The maximum Gasteiger partial charge on any atom is 0.451 e. The third-order valence-corrected chi connectivity index (χ3v) is 5.38. The van der Waals surface area contributed by atoms with E-state index < -0.39 is 41.1 Å². The average Bonchev–Trinajstić information content (AvgIpc) is 2.89. The van der Waals surface area contributed by atoms with Gasteiger partial charge in [0.1, 0.15) is 17.2 Å². The van der Waals surface area contributed by atoms with Crippen molar-refractivity contribution in [2.75, 3.05) is 18.0 Å². The molecule has 164 valence electrons. The van der Waals surface area contributed by atoms with Gasteiger partial charge in [-0.15, -0.1) is 0 Å². The Balaban J connectivity index is 1.72. The van der Waals surface area contributed by atoms with E-state index in [-0.39, 0.29) is 30.6 Å². The zero-order chi connectivity index (χ0) is 22.4. The zero-order valence-corrected chi connectivity index (χ0v) is 15.9. The predicted octanol–water partition coefficient (Wildman–Crippen LogP) is 2.86. The van der Waals surface area contributed by atoms with E-state index in [4.69, 9.17) is 0 Å². The zero-order valence-electron chi connectivity index (χ0n) is 15.9. The number of carbonyl (C=O) groups excluding carboxylic acids is 2. The van der Waals surface area contributed by atoms with Crippen molar-refractivity contribution in [2.45, 2.75) is 31.1 Å². The van der Waals surface area contributed by atoms with Crippen LogP contribution < -0.4 is 10.2 Å². The van der Waals surface area contributed by atoms with Crippen molar-refractivity contribution >= 4 is 17.6 Å². The molecule has 2 aromatic rings. The highest BCUT2D eigenvalue weighted by atomic mass is 19.4. The summed E-state index contributed by atoms with van der Waals surface area (Å²) in [5.74, 6) is -3.71. The lowest BCUT2D eigenvalue weighted by atomic mass is 9.86. The summed E-state index contributed by atoms with van der Waals surface area (Å²) in [7, 11) is 0. The topological polar surface area (TPSA) is 78.4 Å². The van der Waals surface area contributed by atoms with Crippen LogP contribution in [0.3, 0.4) is 0 Å². The van der Waals surface area contributed by atoms with Gasteiger partial charge in [0, 0.05) is 12.6 Å². The van der Waals surface area contributed by atoms with Crippen LogP contribution in [0.4, 0.5) is 32.4 Å². The number of benzene rings is 1. The third-order valence-electron chi connectivity index (χ3n) is 5.38. The van der Waals surface area contributed by atoms with Crippen LogP contribution in [0, 0.1) is 11.6 Å². The summed E-state index contributed by atoms with van der Waals surface area (Å²) in [6, 6.07) is 1.98. The van der Waals surface area contributed by atoms with Gasteiger partial charge in [0.25, 0.3) is 5.91 Å². The van der Waals surface area contributed by atoms with Gasteiger partial charge in [-0.1, -0.05) is 0 Å². The first-order valence-electron chi connectivity index (χ1n) is 9.33. The fourth-order valence-electron chi connectivity index (χ4n) is 3.95. The molecule has 1 N–H and O–H groups in total. The minimum absolute atomic E-state index is 0.141. The predicted molar refractivity (Wildman–Crippen MR) is 96.7 cm³/mol. The van der Waals surface area contributed by atoms with Crippen LogP contribution in [-0.2, 0) is 17.5 Å². The summed E-state index contributed by atoms with van der Waals surface area (Å²) in [6.07, 6.45) is -2.81. The molecule has 1 aromatic carbocycles. The Morgan fingerprint density at radius 3 is 2.13 bits per heavy atom. The Morgan fingerprint density at radius 2 is 1.58 bits per heavy atom. The Hall–Kier alpha value is -3.15. The smallest absolute Gasteiger partial charge is 0.317 e. The van der Waals surface area contributed by atoms with Crippen molar-refractivity contribution < 1.29 is 31.5 Å². The van der Waals surface area contributed by atoms with Crippen molar-refractivity contribution in [3.8, 4) is 0 Å². The van der Waals surface area contributed by atoms with Crippen LogP contribution in [0.1, 0.15) is 24.2 Å². The number of urea groups is 1. The molecule has 0 aliphatic carbocycles. The minimum Gasteiger partial charge on any atom is -0.317 e. The van der Waals surface area contributed by atoms with Crippen LogP contribution in [-0.4, -0.2) is 45.4 Å². The second-order valence-corrected chi connectivity index (χ2v) is 7.33. The largest absolute Gasteiger partial charge is 0.451 e. The van der Waals surface area contributed by atoms with Crippen molar-refractivity contribution in [2.24, 2.45) is 0 Å². The van der Waals surface area contributed by atoms with Crippen molar-refractivity contribution in [3.05, 3.63) is 53.6 Å². The van der Waals surface area contributed by atoms with Gasteiger partial charge >= 0.3 is 12.2 Å². The Kier molecular flexibility index (Phi) is 5.12. The molecule has 0 radical (unpaired) electrons. The number of imide groups is 1. The lowest BCUT2D eigenvalue weighted by Gasteiger charge is -2.38. The van der Waals surface area contributed by atoms with E-state index in [1.54, 1.807) is 0 Å². The minimum atomic E-state index is -4.78. The summed E-state index contributed by atoms with van der Waals surface area (Å²) in [6.45, 7) is 0.562. The van der Waals surface area contributed by atoms with Crippen molar-refractivity contribution in [3.63, 3.8) is 0 Å². The number of rotatable bonds is 3. The molecule has 0 atom stereocenters. The number of nitrogens with one attached hydrogen (secondary N) is 1. The van der Waals surface area contributed by atoms with Crippen molar-refractivity contribution in [1.29, 1.82) is 0 Å². The molecule has 12 heteroatoms. The van der Waals surface area contributed by atoms with E-state index in [1.165, 1.54) is 4.90 Å². The number of anilines is 1. The standard InChI is InChI=1S/C19H16F5N5O2/c20-12-5-11(6-13(21)7-12)10-28-17(31)29(16(30)18(28)1-3-25-4-2-18)14-8-26-15(27-9-14)19(22,23)24/h5-9,25H,1-4,10H2. The first kappa shape index (κ1) is 21.1. The van der Waals surface area contributed by atoms with Crippen LogP contribution in [0.2, 0.25) is 0 Å². The quantitative estimate of drug-likeness (QED) is 0.586. The van der Waals surface area contributed by atoms with E-state index in [1.807, 2.05) is 0 Å². The molecule has 1 aromatic heterocycles. The molecule has 2 saturated heterocycles. The maximum atomic E-state index is 13.6. The monoisotopic (exact) mass is 441 g/mol. The average molecular weight is 441 g/mol. The Morgan fingerprint density at radius 1 is 1.00 bits per heavy atom. The summed E-state index contributed by atoms with van der Waals surface area (Å²) >= 11 is 0. The number of amides is 3. The van der Waals surface area contributed by atoms with Gasteiger partial charge in [-0.05, 0) is 43.6 Å². The highest BCUT2D eigenvalue weighted by Crippen LogP contribution is 2.39. The highest BCUT2D eigenvalue weighted by molar-refractivity contribution is 6.23. The van der Waals surface area contributed by atoms with Gasteiger partial charge < -0.3 is 10.2 Å². The molecule has 0 bridgehead atoms. The fourth-order valence-corrected chi connectivity index (χ4v) is 3.95. The molecule has 2 aliphatic heterocycles.